The first-order valence-electron chi connectivity index (χ1n) is 6.83. The van der Waals surface area contributed by atoms with Crippen molar-refractivity contribution < 1.29 is 0 Å². The summed E-state index contributed by atoms with van der Waals surface area (Å²) in [5.41, 5.74) is 8.93. The van der Waals surface area contributed by atoms with Crippen LogP contribution in [0.4, 0.5) is 0 Å². The van der Waals surface area contributed by atoms with Crippen LogP contribution in [0.3, 0.4) is 0 Å². The quantitative estimate of drug-likeness (QED) is 0.786. The van der Waals surface area contributed by atoms with Crippen LogP contribution in [0.2, 0.25) is 0 Å². The summed E-state index contributed by atoms with van der Waals surface area (Å²) in [6.45, 7) is 8.96. The molecule has 1 nitrogen and oxygen atoms in total. The van der Waals surface area contributed by atoms with E-state index in [0.717, 1.165) is 18.8 Å². The van der Waals surface area contributed by atoms with Crippen LogP contribution < -0.4 is 5.73 Å². The Morgan fingerprint density at radius 2 is 1.53 bits per heavy atom. The Morgan fingerprint density at radius 1 is 0.941 bits per heavy atom. The van der Waals surface area contributed by atoms with E-state index in [0.29, 0.717) is 12.0 Å². The summed E-state index contributed by atoms with van der Waals surface area (Å²) < 4.78 is 0. The van der Waals surface area contributed by atoms with Gasteiger partial charge in [0, 0.05) is 6.04 Å². The van der Waals surface area contributed by atoms with Crippen molar-refractivity contribution in [3.05, 3.63) is 35.4 Å². The third-order valence-electron chi connectivity index (χ3n) is 3.26. The van der Waals surface area contributed by atoms with Crippen LogP contribution in [0.5, 0.6) is 0 Å². The van der Waals surface area contributed by atoms with E-state index in [2.05, 4.69) is 52.0 Å². The third-order valence-corrected chi connectivity index (χ3v) is 3.26. The van der Waals surface area contributed by atoms with Crippen LogP contribution >= 0.6 is 0 Å². The highest BCUT2D eigenvalue weighted by atomic mass is 14.6. The molecule has 0 saturated carbocycles. The number of benzene rings is 1. The van der Waals surface area contributed by atoms with Crippen molar-refractivity contribution in [1.82, 2.24) is 0 Å². The average molecular weight is 233 g/mol. The molecular weight excluding hydrogens is 206 g/mol. The summed E-state index contributed by atoms with van der Waals surface area (Å²) >= 11 is 0. The van der Waals surface area contributed by atoms with Gasteiger partial charge in [-0.3, -0.25) is 0 Å². The van der Waals surface area contributed by atoms with E-state index >= 15 is 0 Å². The van der Waals surface area contributed by atoms with E-state index in [1.54, 1.807) is 0 Å². The first kappa shape index (κ1) is 14.2. The Balaban J connectivity index is 2.45. The zero-order chi connectivity index (χ0) is 12.8. The number of hydrogen-bond acceptors (Lipinski definition) is 1. The Bertz CT molecular complexity index is 311. The molecule has 0 bridgehead atoms. The molecule has 1 heteroatoms. The molecule has 0 aliphatic carbocycles. The first-order chi connectivity index (χ1) is 7.99. The maximum absolute atomic E-state index is 6.15. The highest BCUT2D eigenvalue weighted by Gasteiger charge is 2.06. The Morgan fingerprint density at radius 3 is 2.00 bits per heavy atom. The van der Waals surface area contributed by atoms with Crippen molar-refractivity contribution in [2.24, 2.45) is 11.7 Å². The molecule has 1 atom stereocenters. The van der Waals surface area contributed by atoms with Gasteiger partial charge < -0.3 is 5.73 Å². The van der Waals surface area contributed by atoms with Crippen LogP contribution in [-0.4, -0.2) is 6.04 Å². The number of hydrogen-bond donors (Lipinski definition) is 1. The molecule has 0 fully saturated rings. The minimum Gasteiger partial charge on any atom is -0.327 e. The molecule has 0 radical (unpaired) electrons. The molecule has 0 aliphatic heterocycles. The second-order valence-corrected chi connectivity index (χ2v) is 5.83. The summed E-state index contributed by atoms with van der Waals surface area (Å²) in [4.78, 5) is 0. The van der Waals surface area contributed by atoms with Crippen LogP contribution in [-0.2, 0) is 6.42 Å². The summed E-state index contributed by atoms with van der Waals surface area (Å²) in [6, 6.07) is 9.22. The standard InChI is InChI=1S/C16H27N/c1-12(2)5-10-16(17)11-14-6-8-15(9-7-14)13(3)4/h6-9,12-13,16H,5,10-11,17H2,1-4H3. The number of rotatable bonds is 6. The monoisotopic (exact) mass is 233 g/mol. The van der Waals surface area contributed by atoms with Gasteiger partial charge in [-0.1, -0.05) is 52.0 Å². The number of nitrogens with two attached hydrogens (primary N) is 1. The lowest BCUT2D eigenvalue weighted by atomic mass is 9.96. The SMILES string of the molecule is CC(C)CCC(N)Cc1ccc(C(C)C)cc1. The molecular formula is C16H27N. The topological polar surface area (TPSA) is 26.0 Å². The van der Waals surface area contributed by atoms with E-state index in [9.17, 15) is 0 Å². The zero-order valence-electron chi connectivity index (χ0n) is 11.7. The molecule has 1 aromatic rings. The summed E-state index contributed by atoms with van der Waals surface area (Å²) in [5, 5.41) is 0. The minimum atomic E-state index is 0.308. The van der Waals surface area contributed by atoms with Crippen LogP contribution in [0, 0.1) is 5.92 Å². The molecule has 0 aliphatic rings. The fourth-order valence-corrected chi connectivity index (χ4v) is 1.99. The Labute approximate surface area is 106 Å². The first-order valence-corrected chi connectivity index (χ1v) is 6.83. The molecule has 0 amide bonds. The molecule has 0 saturated heterocycles. The van der Waals surface area contributed by atoms with Gasteiger partial charge in [0.2, 0.25) is 0 Å². The van der Waals surface area contributed by atoms with Crippen molar-refractivity contribution in [1.29, 1.82) is 0 Å². The van der Waals surface area contributed by atoms with Crippen LogP contribution in [0.25, 0.3) is 0 Å². The van der Waals surface area contributed by atoms with Gasteiger partial charge in [-0.25, -0.2) is 0 Å². The molecule has 17 heavy (non-hydrogen) atoms. The lowest BCUT2D eigenvalue weighted by molar-refractivity contribution is 0.495. The second-order valence-electron chi connectivity index (χ2n) is 5.83. The van der Waals surface area contributed by atoms with E-state index in [4.69, 9.17) is 5.73 Å². The predicted molar refractivity (Wildman–Crippen MR) is 76.3 cm³/mol. The van der Waals surface area contributed by atoms with E-state index in [1.807, 2.05) is 0 Å². The van der Waals surface area contributed by atoms with Crippen molar-refractivity contribution in [2.45, 2.75) is 58.9 Å². The van der Waals surface area contributed by atoms with Gasteiger partial charge in [0.15, 0.2) is 0 Å². The van der Waals surface area contributed by atoms with Gasteiger partial charge in [0.25, 0.3) is 0 Å². The highest BCUT2D eigenvalue weighted by Crippen LogP contribution is 2.16. The molecule has 1 aromatic carbocycles. The second kappa shape index (κ2) is 6.80. The maximum atomic E-state index is 6.15. The van der Waals surface area contributed by atoms with Gasteiger partial charge in [-0.2, -0.15) is 0 Å². The largest absolute Gasteiger partial charge is 0.327 e. The fraction of sp³-hybridized carbons (Fsp3) is 0.625. The van der Waals surface area contributed by atoms with E-state index in [1.165, 1.54) is 17.5 Å². The summed E-state index contributed by atoms with van der Waals surface area (Å²) in [7, 11) is 0. The molecule has 0 aromatic heterocycles. The van der Waals surface area contributed by atoms with E-state index in [-0.39, 0.29) is 0 Å². The molecule has 0 spiro atoms. The van der Waals surface area contributed by atoms with Gasteiger partial charge >= 0.3 is 0 Å². The zero-order valence-corrected chi connectivity index (χ0v) is 11.7. The van der Waals surface area contributed by atoms with Crippen molar-refractivity contribution in [2.75, 3.05) is 0 Å². The van der Waals surface area contributed by atoms with Gasteiger partial charge in [0.1, 0.15) is 0 Å². The van der Waals surface area contributed by atoms with Crippen molar-refractivity contribution in [3.63, 3.8) is 0 Å². The molecule has 1 unspecified atom stereocenters. The average Bonchev–Trinajstić information content (AvgIpc) is 2.27. The predicted octanol–water partition coefficient (Wildman–Crippen LogP) is 4.12. The normalized spacial score (nSPS) is 13.4. The Kier molecular flexibility index (Phi) is 5.70. The molecule has 2 N–H and O–H groups in total. The summed E-state index contributed by atoms with van der Waals surface area (Å²) in [6.07, 6.45) is 3.36. The Hall–Kier alpha value is -0.820. The molecule has 0 heterocycles. The van der Waals surface area contributed by atoms with Crippen molar-refractivity contribution in [3.8, 4) is 0 Å². The summed E-state index contributed by atoms with van der Waals surface area (Å²) in [5.74, 6) is 1.36. The minimum absolute atomic E-state index is 0.308. The van der Waals surface area contributed by atoms with Gasteiger partial charge in [-0.15, -0.1) is 0 Å². The smallest absolute Gasteiger partial charge is 0.00794 e. The fourth-order valence-electron chi connectivity index (χ4n) is 1.99. The lowest BCUT2D eigenvalue weighted by Crippen LogP contribution is -2.23. The molecule has 96 valence electrons. The van der Waals surface area contributed by atoms with Crippen LogP contribution in [0.1, 0.15) is 57.6 Å². The molecule has 1 rings (SSSR count). The van der Waals surface area contributed by atoms with Gasteiger partial charge in [0.05, 0.1) is 0 Å². The van der Waals surface area contributed by atoms with Gasteiger partial charge in [-0.05, 0) is 42.2 Å². The maximum Gasteiger partial charge on any atom is 0.00794 e. The van der Waals surface area contributed by atoms with Crippen LogP contribution in [0.15, 0.2) is 24.3 Å². The highest BCUT2D eigenvalue weighted by molar-refractivity contribution is 5.25. The lowest BCUT2D eigenvalue weighted by Gasteiger charge is -2.14. The van der Waals surface area contributed by atoms with E-state index < -0.39 is 0 Å². The van der Waals surface area contributed by atoms with Crippen molar-refractivity contribution >= 4 is 0 Å². The third kappa shape index (κ3) is 5.36.